The highest BCUT2D eigenvalue weighted by Crippen LogP contribution is 2.36. The molecule has 0 unspecified atom stereocenters. The summed E-state index contributed by atoms with van der Waals surface area (Å²) in [5.74, 6) is 1.05. The molecule has 1 amide bonds. The summed E-state index contributed by atoms with van der Waals surface area (Å²) in [4.78, 5) is 29.0. The number of nitrogen functional groups attached to an aromatic ring is 1. The molecule has 7 heteroatoms. The minimum absolute atomic E-state index is 0.00694. The maximum Gasteiger partial charge on any atom is 0.268 e. The number of rotatable bonds is 1. The quantitative estimate of drug-likeness (QED) is 0.743. The van der Waals surface area contributed by atoms with Gasteiger partial charge in [0.15, 0.2) is 0 Å². The van der Waals surface area contributed by atoms with Gasteiger partial charge in [-0.05, 0) is 37.5 Å². The summed E-state index contributed by atoms with van der Waals surface area (Å²) in [6, 6.07) is 1.89. The Morgan fingerprint density at radius 1 is 1.35 bits per heavy atom. The second kappa shape index (κ2) is 4.99. The molecule has 1 aliphatic heterocycles. The molecule has 0 atom stereocenters. The number of aryl methyl sites for hydroxylation is 2. The van der Waals surface area contributed by atoms with Crippen molar-refractivity contribution in [3.63, 3.8) is 0 Å². The lowest BCUT2D eigenvalue weighted by molar-refractivity contribution is 0.0993. The fourth-order valence-electron chi connectivity index (χ4n) is 3.05. The number of aromatic nitrogens is 3. The van der Waals surface area contributed by atoms with E-state index in [-0.39, 0.29) is 5.91 Å². The third kappa shape index (κ3) is 2.08. The van der Waals surface area contributed by atoms with Crippen LogP contribution in [0.2, 0.25) is 0 Å². The van der Waals surface area contributed by atoms with Gasteiger partial charge in [-0.25, -0.2) is 9.97 Å². The maximum atomic E-state index is 13.0. The van der Waals surface area contributed by atoms with Crippen molar-refractivity contribution in [3.05, 3.63) is 40.3 Å². The minimum atomic E-state index is -0.00694. The largest absolute Gasteiger partial charge is 0.383 e. The number of anilines is 2. The average Bonchev–Trinajstić information content (AvgIpc) is 3.08. The van der Waals surface area contributed by atoms with Gasteiger partial charge in [-0.3, -0.25) is 9.78 Å². The van der Waals surface area contributed by atoms with Crippen molar-refractivity contribution < 1.29 is 4.79 Å². The van der Waals surface area contributed by atoms with Crippen LogP contribution < -0.4 is 10.6 Å². The first-order chi connectivity index (χ1) is 11.1. The molecule has 0 radical (unpaired) electrons. The van der Waals surface area contributed by atoms with Crippen molar-refractivity contribution >= 4 is 39.0 Å². The van der Waals surface area contributed by atoms with Crippen molar-refractivity contribution in [2.45, 2.75) is 20.3 Å². The van der Waals surface area contributed by atoms with Gasteiger partial charge in [-0.15, -0.1) is 11.3 Å². The lowest BCUT2D eigenvalue weighted by Gasteiger charge is -2.16. The molecule has 1 aliphatic rings. The molecule has 3 aromatic heterocycles. The monoisotopic (exact) mass is 325 g/mol. The van der Waals surface area contributed by atoms with E-state index in [4.69, 9.17) is 5.73 Å². The Morgan fingerprint density at radius 3 is 3.00 bits per heavy atom. The first-order valence-electron chi connectivity index (χ1n) is 7.34. The van der Waals surface area contributed by atoms with E-state index in [1.807, 2.05) is 24.1 Å². The Kier molecular flexibility index (Phi) is 3.05. The van der Waals surface area contributed by atoms with Crippen LogP contribution in [0.4, 0.5) is 11.5 Å². The van der Waals surface area contributed by atoms with Crippen molar-refractivity contribution in [2.24, 2.45) is 0 Å². The van der Waals surface area contributed by atoms with Gasteiger partial charge in [0, 0.05) is 18.9 Å². The molecule has 3 aromatic rings. The van der Waals surface area contributed by atoms with Crippen molar-refractivity contribution in [1.29, 1.82) is 0 Å². The van der Waals surface area contributed by atoms with Crippen LogP contribution in [0.3, 0.4) is 0 Å². The van der Waals surface area contributed by atoms with Gasteiger partial charge in [0.25, 0.3) is 5.91 Å². The SMILES string of the molecule is Cc1nc(N)c2c(C)c(C(=O)N3CCc4cnccc43)sc2n1. The van der Waals surface area contributed by atoms with E-state index in [1.165, 1.54) is 11.3 Å². The molecule has 0 saturated heterocycles. The van der Waals surface area contributed by atoms with Crippen LogP contribution in [0, 0.1) is 13.8 Å². The number of hydrogen-bond donors (Lipinski definition) is 1. The normalized spacial score (nSPS) is 13.6. The fourth-order valence-corrected chi connectivity index (χ4v) is 4.23. The van der Waals surface area contributed by atoms with E-state index in [1.54, 1.807) is 13.1 Å². The fraction of sp³-hybridized carbons (Fsp3) is 0.250. The van der Waals surface area contributed by atoms with Crippen molar-refractivity contribution in [2.75, 3.05) is 17.2 Å². The maximum absolute atomic E-state index is 13.0. The summed E-state index contributed by atoms with van der Waals surface area (Å²) >= 11 is 1.38. The number of nitrogens with zero attached hydrogens (tertiary/aromatic N) is 4. The van der Waals surface area contributed by atoms with Gasteiger partial charge in [-0.2, -0.15) is 0 Å². The van der Waals surface area contributed by atoms with Crippen molar-refractivity contribution in [1.82, 2.24) is 15.0 Å². The van der Waals surface area contributed by atoms with Crippen LogP contribution in [0.25, 0.3) is 10.2 Å². The third-order valence-electron chi connectivity index (χ3n) is 4.14. The molecule has 6 nitrogen and oxygen atoms in total. The van der Waals surface area contributed by atoms with Crippen LogP contribution >= 0.6 is 11.3 Å². The zero-order valence-corrected chi connectivity index (χ0v) is 13.6. The standard InChI is InChI=1S/C16H15N5OS/c1-8-12-14(17)19-9(2)20-15(12)23-13(8)16(22)21-6-4-10-7-18-5-3-11(10)21/h3,5,7H,4,6H2,1-2H3,(H2,17,19,20). The zero-order valence-electron chi connectivity index (χ0n) is 12.8. The summed E-state index contributed by atoms with van der Waals surface area (Å²) in [5.41, 5.74) is 8.93. The number of hydrogen-bond acceptors (Lipinski definition) is 6. The molecule has 23 heavy (non-hydrogen) atoms. The minimum Gasteiger partial charge on any atom is -0.383 e. The Morgan fingerprint density at radius 2 is 2.17 bits per heavy atom. The van der Waals surface area contributed by atoms with Crippen LogP contribution in [0.15, 0.2) is 18.5 Å². The van der Waals surface area contributed by atoms with Gasteiger partial charge in [0.05, 0.1) is 16.0 Å². The van der Waals surface area contributed by atoms with Crippen LogP contribution in [-0.2, 0) is 6.42 Å². The second-order valence-electron chi connectivity index (χ2n) is 5.60. The number of amides is 1. The van der Waals surface area contributed by atoms with Gasteiger partial charge in [0.2, 0.25) is 0 Å². The first-order valence-corrected chi connectivity index (χ1v) is 8.16. The lowest BCUT2D eigenvalue weighted by Crippen LogP contribution is -2.28. The highest BCUT2D eigenvalue weighted by molar-refractivity contribution is 7.20. The van der Waals surface area contributed by atoms with E-state index in [2.05, 4.69) is 15.0 Å². The summed E-state index contributed by atoms with van der Waals surface area (Å²) in [7, 11) is 0. The van der Waals surface area contributed by atoms with E-state index < -0.39 is 0 Å². The van der Waals surface area contributed by atoms with Gasteiger partial charge in [0.1, 0.15) is 16.5 Å². The topological polar surface area (TPSA) is 85.0 Å². The predicted molar refractivity (Wildman–Crippen MR) is 90.9 cm³/mol. The second-order valence-corrected chi connectivity index (χ2v) is 6.60. The number of nitrogens with two attached hydrogens (primary N) is 1. The highest BCUT2D eigenvalue weighted by Gasteiger charge is 2.29. The Balaban J connectivity index is 1.83. The molecular weight excluding hydrogens is 310 g/mol. The summed E-state index contributed by atoms with van der Waals surface area (Å²) < 4.78 is 0. The molecular formula is C16H15N5OS. The van der Waals surface area contributed by atoms with Gasteiger partial charge in [-0.1, -0.05) is 0 Å². The first kappa shape index (κ1) is 14.1. The summed E-state index contributed by atoms with van der Waals surface area (Å²) in [6.45, 7) is 4.38. The Hall–Kier alpha value is -2.54. The van der Waals surface area contributed by atoms with E-state index in [9.17, 15) is 4.79 Å². The van der Waals surface area contributed by atoms with E-state index in [0.717, 1.165) is 33.5 Å². The smallest absolute Gasteiger partial charge is 0.268 e. The number of carbonyl (C=O) groups excluding carboxylic acids is 1. The lowest BCUT2D eigenvalue weighted by atomic mass is 10.2. The molecule has 0 fully saturated rings. The van der Waals surface area contributed by atoms with Crippen molar-refractivity contribution in [3.8, 4) is 0 Å². The Labute approximate surface area is 137 Å². The van der Waals surface area contributed by atoms with E-state index in [0.29, 0.717) is 23.1 Å². The molecule has 0 spiro atoms. The summed E-state index contributed by atoms with van der Waals surface area (Å²) in [6.07, 6.45) is 4.38. The van der Waals surface area contributed by atoms with Gasteiger partial charge < -0.3 is 10.6 Å². The predicted octanol–water partition coefficient (Wildman–Crippen LogP) is 2.49. The zero-order chi connectivity index (χ0) is 16.1. The molecule has 0 bridgehead atoms. The molecule has 0 saturated carbocycles. The molecule has 2 N–H and O–H groups in total. The number of fused-ring (bicyclic) bond motifs is 2. The number of carbonyl (C=O) groups is 1. The molecule has 4 rings (SSSR count). The molecule has 0 aromatic carbocycles. The molecule has 0 aliphatic carbocycles. The highest BCUT2D eigenvalue weighted by atomic mass is 32.1. The number of thiophene rings is 1. The molecule has 4 heterocycles. The average molecular weight is 325 g/mol. The third-order valence-corrected chi connectivity index (χ3v) is 5.32. The van der Waals surface area contributed by atoms with Gasteiger partial charge >= 0.3 is 0 Å². The van der Waals surface area contributed by atoms with Crippen LogP contribution in [0.5, 0.6) is 0 Å². The van der Waals surface area contributed by atoms with Crippen LogP contribution in [0.1, 0.15) is 26.6 Å². The number of pyridine rings is 1. The Bertz CT molecular complexity index is 949. The van der Waals surface area contributed by atoms with Crippen LogP contribution in [-0.4, -0.2) is 27.4 Å². The molecule has 116 valence electrons. The summed E-state index contributed by atoms with van der Waals surface area (Å²) in [5, 5.41) is 0.790. The van der Waals surface area contributed by atoms with E-state index >= 15 is 0 Å².